The van der Waals surface area contributed by atoms with Gasteiger partial charge >= 0.3 is 12.1 Å². The number of hydrogen-bond acceptors (Lipinski definition) is 2. The molecule has 0 bridgehead atoms. The minimum absolute atomic E-state index is 0.0453. The zero-order valence-electron chi connectivity index (χ0n) is 10.0. The fourth-order valence-corrected chi connectivity index (χ4v) is 1.20. The number of anilines is 1. The Morgan fingerprint density at radius 2 is 1.94 bits per heavy atom. The lowest BCUT2D eigenvalue weighted by Crippen LogP contribution is -2.31. The van der Waals surface area contributed by atoms with Crippen LogP contribution in [0.1, 0.15) is 19.4 Å². The van der Waals surface area contributed by atoms with E-state index in [1.807, 2.05) is 0 Å². The van der Waals surface area contributed by atoms with Crippen LogP contribution in [-0.2, 0) is 11.0 Å². The molecule has 0 atom stereocenters. The molecule has 0 radical (unpaired) electrons. The quantitative estimate of drug-likeness (QED) is 0.874. The molecule has 1 rings (SSSR count). The third kappa shape index (κ3) is 3.65. The molecule has 0 amide bonds. The maximum Gasteiger partial charge on any atom is 0.416 e. The van der Waals surface area contributed by atoms with Crippen LogP contribution in [0, 0.1) is 5.41 Å². The van der Waals surface area contributed by atoms with E-state index in [-0.39, 0.29) is 12.2 Å². The van der Waals surface area contributed by atoms with Gasteiger partial charge in [-0.3, -0.25) is 4.79 Å². The monoisotopic (exact) mass is 261 g/mol. The van der Waals surface area contributed by atoms with Crippen LogP contribution in [0.2, 0.25) is 0 Å². The average Bonchev–Trinajstić information content (AvgIpc) is 2.25. The van der Waals surface area contributed by atoms with E-state index in [0.29, 0.717) is 0 Å². The first-order valence-electron chi connectivity index (χ1n) is 5.27. The van der Waals surface area contributed by atoms with Gasteiger partial charge in [0.2, 0.25) is 0 Å². The Labute approximate surface area is 103 Å². The molecular weight excluding hydrogens is 247 g/mol. The molecule has 3 nitrogen and oxygen atoms in total. The Bertz CT molecular complexity index is 441. The lowest BCUT2D eigenvalue weighted by Gasteiger charge is -2.20. The van der Waals surface area contributed by atoms with Crippen molar-refractivity contribution >= 4 is 11.7 Å². The number of benzene rings is 1. The summed E-state index contributed by atoms with van der Waals surface area (Å²) in [7, 11) is 0. The number of rotatable bonds is 4. The summed E-state index contributed by atoms with van der Waals surface area (Å²) in [6.07, 6.45) is -4.40. The summed E-state index contributed by atoms with van der Waals surface area (Å²) in [4.78, 5) is 10.8. The van der Waals surface area contributed by atoms with Gasteiger partial charge < -0.3 is 10.4 Å². The first-order chi connectivity index (χ1) is 8.13. The van der Waals surface area contributed by atoms with Gasteiger partial charge in [0.25, 0.3) is 0 Å². The van der Waals surface area contributed by atoms with Gasteiger partial charge in [-0.15, -0.1) is 0 Å². The minimum atomic E-state index is -4.40. The molecule has 6 heteroatoms. The molecule has 100 valence electrons. The summed E-state index contributed by atoms with van der Waals surface area (Å²) in [5.74, 6) is -1.01. The number of aliphatic carboxylic acids is 1. The van der Waals surface area contributed by atoms with Crippen molar-refractivity contribution in [2.24, 2.45) is 5.41 Å². The highest BCUT2D eigenvalue weighted by atomic mass is 19.4. The zero-order valence-corrected chi connectivity index (χ0v) is 10.0. The molecule has 0 spiro atoms. The molecule has 1 aromatic rings. The molecular formula is C12H14F3NO2. The molecule has 0 heterocycles. The van der Waals surface area contributed by atoms with Crippen LogP contribution in [0.25, 0.3) is 0 Å². The normalized spacial score (nSPS) is 12.3. The molecule has 0 aliphatic carbocycles. The van der Waals surface area contributed by atoms with Crippen LogP contribution < -0.4 is 5.32 Å². The number of carboxylic acid groups (broad SMARTS) is 1. The first-order valence-corrected chi connectivity index (χ1v) is 5.27. The third-order valence-corrected chi connectivity index (χ3v) is 2.50. The lowest BCUT2D eigenvalue weighted by molar-refractivity contribution is -0.146. The minimum Gasteiger partial charge on any atom is -0.481 e. The van der Waals surface area contributed by atoms with Crippen LogP contribution in [0.5, 0.6) is 0 Å². The Kier molecular flexibility index (Phi) is 3.88. The van der Waals surface area contributed by atoms with Gasteiger partial charge in [0.05, 0.1) is 11.0 Å². The second-order valence-corrected chi connectivity index (χ2v) is 4.62. The summed E-state index contributed by atoms with van der Waals surface area (Å²) in [6, 6.07) is 4.66. The number of nitrogens with one attached hydrogen (secondary N) is 1. The molecule has 0 fully saturated rings. The number of hydrogen-bond donors (Lipinski definition) is 2. The summed E-state index contributed by atoms with van der Waals surface area (Å²) < 4.78 is 37.3. The van der Waals surface area contributed by atoms with Crippen LogP contribution in [0.15, 0.2) is 24.3 Å². The third-order valence-electron chi connectivity index (χ3n) is 2.50. The Morgan fingerprint density at radius 3 is 2.44 bits per heavy atom. The van der Waals surface area contributed by atoms with Gasteiger partial charge in [0, 0.05) is 12.2 Å². The first kappa shape index (κ1) is 14.3. The van der Waals surface area contributed by atoms with Crippen LogP contribution in [0.4, 0.5) is 18.9 Å². The number of carbonyl (C=O) groups is 1. The molecule has 0 aromatic heterocycles. The van der Waals surface area contributed by atoms with Crippen molar-refractivity contribution in [3.05, 3.63) is 29.8 Å². The van der Waals surface area contributed by atoms with E-state index in [0.717, 1.165) is 12.1 Å². The van der Waals surface area contributed by atoms with E-state index >= 15 is 0 Å². The van der Waals surface area contributed by atoms with Crippen LogP contribution in [0.3, 0.4) is 0 Å². The van der Waals surface area contributed by atoms with Gasteiger partial charge in [0.1, 0.15) is 0 Å². The smallest absolute Gasteiger partial charge is 0.416 e. The van der Waals surface area contributed by atoms with E-state index in [1.54, 1.807) is 0 Å². The molecule has 0 saturated carbocycles. The van der Waals surface area contributed by atoms with E-state index in [2.05, 4.69) is 5.32 Å². The van der Waals surface area contributed by atoms with Gasteiger partial charge in [-0.1, -0.05) is 6.07 Å². The van der Waals surface area contributed by atoms with E-state index in [1.165, 1.54) is 26.0 Å². The Hall–Kier alpha value is -1.72. The fourth-order valence-electron chi connectivity index (χ4n) is 1.20. The van der Waals surface area contributed by atoms with Crippen molar-refractivity contribution < 1.29 is 23.1 Å². The second kappa shape index (κ2) is 4.88. The van der Waals surface area contributed by atoms with E-state index < -0.39 is 23.1 Å². The Balaban J connectivity index is 2.78. The molecule has 2 N–H and O–H groups in total. The summed E-state index contributed by atoms with van der Waals surface area (Å²) in [5.41, 5.74) is -1.56. The van der Waals surface area contributed by atoms with Crippen molar-refractivity contribution in [1.82, 2.24) is 0 Å². The molecule has 18 heavy (non-hydrogen) atoms. The summed E-state index contributed by atoms with van der Waals surface area (Å²) >= 11 is 0. The van der Waals surface area contributed by atoms with Crippen molar-refractivity contribution in [2.75, 3.05) is 11.9 Å². The van der Waals surface area contributed by atoms with Gasteiger partial charge in [0.15, 0.2) is 0 Å². The number of halogens is 3. The fraction of sp³-hybridized carbons (Fsp3) is 0.417. The number of carboxylic acids is 1. The number of alkyl halides is 3. The molecule has 0 unspecified atom stereocenters. The highest BCUT2D eigenvalue weighted by molar-refractivity contribution is 5.74. The largest absolute Gasteiger partial charge is 0.481 e. The second-order valence-electron chi connectivity index (χ2n) is 4.62. The Morgan fingerprint density at radius 1 is 1.33 bits per heavy atom. The SMILES string of the molecule is CC(C)(CNc1cccc(C(F)(F)F)c1)C(=O)O. The molecule has 0 aliphatic rings. The molecule has 0 saturated heterocycles. The zero-order chi connectivity index (χ0) is 14.0. The predicted octanol–water partition coefficient (Wildman–Crippen LogP) is 3.23. The highest BCUT2D eigenvalue weighted by Gasteiger charge is 2.31. The van der Waals surface area contributed by atoms with Gasteiger partial charge in [-0.2, -0.15) is 13.2 Å². The average molecular weight is 261 g/mol. The molecule has 1 aromatic carbocycles. The van der Waals surface area contributed by atoms with Crippen molar-refractivity contribution in [3.63, 3.8) is 0 Å². The van der Waals surface area contributed by atoms with Gasteiger partial charge in [-0.05, 0) is 32.0 Å². The van der Waals surface area contributed by atoms with Crippen molar-refractivity contribution in [2.45, 2.75) is 20.0 Å². The van der Waals surface area contributed by atoms with Crippen LogP contribution >= 0.6 is 0 Å². The predicted molar refractivity (Wildman–Crippen MR) is 61.4 cm³/mol. The standard InChI is InChI=1S/C12H14F3NO2/c1-11(2,10(17)18)7-16-9-5-3-4-8(6-9)12(13,14)15/h3-6,16H,7H2,1-2H3,(H,17,18). The molecule has 0 aliphatic heterocycles. The van der Waals surface area contributed by atoms with Gasteiger partial charge in [-0.25, -0.2) is 0 Å². The van der Waals surface area contributed by atoms with Crippen LogP contribution in [-0.4, -0.2) is 17.6 Å². The maximum absolute atomic E-state index is 12.4. The van der Waals surface area contributed by atoms with Crippen molar-refractivity contribution in [3.8, 4) is 0 Å². The maximum atomic E-state index is 12.4. The topological polar surface area (TPSA) is 49.3 Å². The summed E-state index contributed by atoms with van der Waals surface area (Å²) in [5, 5.41) is 11.6. The highest BCUT2D eigenvalue weighted by Crippen LogP contribution is 2.30. The van der Waals surface area contributed by atoms with Crippen molar-refractivity contribution in [1.29, 1.82) is 0 Å². The van der Waals surface area contributed by atoms with E-state index in [4.69, 9.17) is 5.11 Å². The summed E-state index contributed by atoms with van der Waals surface area (Å²) in [6.45, 7) is 3.04. The lowest BCUT2D eigenvalue weighted by atomic mass is 9.94. The van der Waals surface area contributed by atoms with E-state index in [9.17, 15) is 18.0 Å².